The first-order valence-electron chi connectivity index (χ1n) is 13.8. The van der Waals surface area contributed by atoms with Crippen molar-refractivity contribution < 1.29 is 14.3 Å². The van der Waals surface area contributed by atoms with E-state index in [1.165, 1.54) is 27.7 Å². The van der Waals surface area contributed by atoms with E-state index in [0.29, 0.717) is 17.3 Å². The Hall–Kier alpha value is -2.55. The molecular weight excluding hydrogens is 551 g/mol. The zero-order valence-electron chi connectivity index (χ0n) is 23.5. The maximum absolute atomic E-state index is 13.1. The van der Waals surface area contributed by atoms with Crippen LogP contribution in [0, 0.1) is 0 Å². The molecule has 1 saturated heterocycles. The number of rotatable bonds is 11. The Balaban J connectivity index is 1.38. The van der Waals surface area contributed by atoms with Crippen LogP contribution in [0.5, 0.6) is 0 Å². The number of hydrogen-bond acceptors (Lipinski definition) is 5. The summed E-state index contributed by atoms with van der Waals surface area (Å²) in [7, 11) is -2.59. The van der Waals surface area contributed by atoms with Gasteiger partial charge in [0.1, 0.15) is 4.32 Å². The molecule has 0 unspecified atom stereocenters. The number of carbonyl (C=O) groups excluding carboxylic acids is 1. The summed E-state index contributed by atoms with van der Waals surface area (Å²) >= 11 is 7.02. The zero-order valence-corrected chi connectivity index (χ0v) is 26.2. The van der Waals surface area contributed by atoms with Gasteiger partial charge in [0.25, 0.3) is 8.32 Å². The summed E-state index contributed by atoms with van der Waals surface area (Å²) in [5, 5.41) is 13.1. The average molecular weight is 590 g/mol. The molecule has 1 fully saturated rings. The van der Waals surface area contributed by atoms with Crippen molar-refractivity contribution in [3.8, 4) is 0 Å². The number of thiocarbonyl (C=S) groups is 1. The summed E-state index contributed by atoms with van der Waals surface area (Å²) in [6.45, 7) is 7.31. The predicted molar refractivity (Wildman–Crippen MR) is 174 cm³/mol. The van der Waals surface area contributed by atoms with Gasteiger partial charge in [-0.3, -0.25) is 9.69 Å². The molecule has 210 valence electrons. The van der Waals surface area contributed by atoms with Crippen LogP contribution in [0.2, 0.25) is 5.04 Å². The lowest BCUT2D eigenvalue weighted by atomic mass is 10.1. The number of hydrogen-bond donors (Lipinski definition) is 1. The number of benzene rings is 3. The van der Waals surface area contributed by atoms with Crippen LogP contribution in [0.15, 0.2) is 103 Å². The fourth-order valence-corrected chi connectivity index (χ4v) is 11.5. The third-order valence-corrected chi connectivity index (χ3v) is 13.9. The second-order valence-electron chi connectivity index (χ2n) is 11.2. The van der Waals surface area contributed by atoms with Crippen molar-refractivity contribution in [2.24, 2.45) is 0 Å². The number of thioether (sulfide) groups is 1. The van der Waals surface area contributed by atoms with Gasteiger partial charge in [0.2, 0.25) is 5.91 Å². The van der Waals surface area contributed by atoms with E-state index in [9.17, 15) is 9.90 Å². The van der Waals surface area contributed by atoms with Crippen LogP contribution >= 0.6 is 24.0 Å². The van der Waals surface area contributed by atoms with E-state index < -0.39 is 14.4 Å². The molecule has 2 atom stereocenters. The Morgan fingerprint density at radius 1 is 1.02 bits per heavy atom. The number of carbonyl (C=O) groups is 1. The minimum atomic E-state index is -2.59. The second kappa shape index (κ2) is 13.9. The van der Waals surface area contributed by atoms with Crippen LogP contribution in [0.3, 0.4) is 0 Å². The van der Waals surface area contributed by atoms with E-state index in [-0.39, 0.29) is 23.4 Å². The quantitative estimate of drug-likeness (QED) is 0.134. The van der Waals surface area contributed by atoms with Crippen molar-refractivity contribution in [3.63, 3.8) is 0 Å². The molecule has 3 aromatic rings. The lowest BCUT2D eigenvalue weighted by molar-refractivity contribution is -0.129. The smallest absolute Gasteiger partial charge is 0.261 e. The topological polar surface area (TPSA) is 49.8 Å². The lowest BCUT2D eigenvalue weighted by Gasteiger charge is -2.43. The van der Waals surface area contributed by atoms with Gasteiger partial charge in [-0.2, -0.15) is 0 Å². The summed E-state index contributed by atoms with van der Waals surface area (Å²) in [6, 6.07) is 31.3. The highest BCUT2D eigenvalue weighted by molar-refractivity contribution is 8.23. The molecule has 1 amide bonds. The van der Waals surface area contributed by atoms with E-state index in [1.807, 2.05) is 36.4 Å². The molecule has 4 nitrogen and oxygen atoms in total. The van der Waals surface area contributed by atoms with Crippen molar-refractivity contribution in [2.45, 2.75) is 57.2 Å². The fourth-order valence-electron chi connectivity index (χ4n) is 5.44. The molecule has 1 heterocycles. The summed E-state index contributed by atoms with van der Waals surface area (Å²) in [6.07, 6.45) is 4.18. The Bertz CT molecular complexity index is 1240. The maximum atomic E-state index is 13.1. The summed E-state index contributed by atoms with van der Waals surface area (Å²) in [5.74, 6) is 0.655. The SMILES string of the molecule is CC(C)(C)[Si](OCC/C=C/[C@@H](O)CC(=O)N1C(=S)SC[C@H]1Cc1ccccc1)(c1ccccc1)c1ccccc1. The van der Waals surface area contributed by atoms with Crippen molar-refractivity contribution in [1.82, 2.24) is 4.90 Å². The van der Waals surface area contributed by atoms with Crippen molar-refractivity contribution in [2.75, 3.05) is 12.4 Å². The molecule has 0 saturated carbocycles. The monoisotopic (exact) mass is 589 g/mol. The van der Waals surface area contributed by atoms with Gasteiger partial charge in [-0.1, -0.05) is 148 Å². The molecule has 1 N–H and O–H groups in total. The first-order chi connectivity index (χ1) is 19.2. The molecule has 40 heavy (non-hydrogen) atoms. The van der Waals surface area contributed by atoms with Crippen LogP contribution in [-0.2, 0) is 15.6 Å². The molecule has 7 heteroatoms. The largest absolute Gasteiger partial charge is 0.407 e. The van der Waals surface area contributed by atoms with Gasteiger partial charge in [0.05, 0.1) is 18.6 Å². The summed E-state index contributed by atoms with van der Waals surface area (Å²) < 4.78 is 7.50. The highest BCUT2D eigenvalue weighted by Crippen LogP contribution is 2.36. The second-order valence-corrected chi connectivity index (χ2v) is 17.1. The van der Waals surface area contributed by atoms with Crippen molar-refractivity contribution in [1.29, 1.82) is 0 Å². The lowest BCUT2D eigenvalue weighted by Crippen LogP contribution is -2.66. The predicted octanol–water partition coefficient (Wildman–Crippen LogP) is 5.73. The Morgan fingerprint density at radius 3 is 2.12 bits per heavy atom. The van der Waals surface area contributed by atoms with E-state index in [0.717, 1.165) is 12.2 Å². The zero-order chi connectivity index (χ0) is 28.6. The van der Waals surface area contributed by atoms with Gasteiger partial charge in [0, 0.05) is 12.4 Å². The molecule has 1 aliphatic rings. The minimum absolute atomic E-state index is 0.0120. The molecular formula is C33H39NO3S2Si. The summed E-state index contributed by atoms with van der Waals surface area (Å²) in [4.78, 5) is 14.8. The molecule has 3 aromatic carbocycles. The highest BCUT2D eigenvalue weighted by atomic mass is 32.2. The van der Waals surface area contributed by atoms with Gasteiger partial charge in [0.15, 0.2) is 0 Å². The number of nitrogens with zero attached hydrogens (tertiary/aromatic N) is 1. The molecule has 0 spiro atoms. The molecule has 1 aliphatic heterocycles. The van der Waals surface area contributed by atoms with Crippen LogP contribution in [-0.4, -0.2) is 53.1 Å². The Morgan fingerprint density at radius 2 is 1.57 bits per heavy atom. The van der Waals surface area contributed by atoms with Gasteiger partial charge < -0.3 is 9.53 Å². The van der Waals surface area contributed by atoms with Crippen LogP contribution < -0.4 is 10.4 Å². The Kier molecular flexibility index (Phi) is 10.5. The third kappa shape index (κ3) is 7.20. The van der Waals surface area contributed by atoms with Gasteiger partial charge in [-0.15, -0.1) is 0 Å². The first-order valence-corrected chi connectivity index (χ1v) is 17.1. The molecule has 4 rings (SSSR count). The molecule has 0 aromatic heterocycles. The Labute approximate surface area is 249 Å². The van der Waals surface area contributed by atoms with Crippen LogP contribution in [0.4, 0.5) is 0 Å². The average Bonchev–Trinajstić information content (AvgIpc) is 3.31. The fraction of sp³-hybridized carbons (Fsp3) is 0.333. The van der Waals surface area contributed by atoms with Gasteiger partial charge in [-0.25, -0.2) is 0 Å². The number of aliphatic hydroxyl groups is 1. The van der Waals surface area contributed by atoms with Crippen LogP contribution in [0.1, 0.15) is 39.2 Å². The van der Waals surface area contributed by atoms with E-state index in [1.54, 1.807) is 11.0 Å². The van der Waals surface area contributed by atoms with Crippen molar-refractivity contribution >= 4 is 52.9 Å². The maximum Gasteiger partial charge on any atom is 0.261 e. The molecule has 0 radical (unpaired) electrons. The molecule has 0 aliphatic carbocycles. The van der Waals surface area contributed by atoms with Crippen molar-refractivity contribution in [3.05, 3.63) is 109 Å². The van der Waals surface area contributed by atoms with E-state index in [2.05, 4.69) is 81.4 Å². The minimum Gasteiger partial charge on any atom is -0.407 e. The molecule has 0 bridgehead atoms. The summed E-state index contributed by atoms with van der Waals surface area (Å²) in [5.41, 5.74) is 1.18. The number of amides is 1. The highest BCUT2D eigenvalue weighted by Gasteiger charge is 2.49. The van der Waals surface area contributed by atoms with Gasteiger partial charge >= 0.3 is 0 Å². The van der Waals surface area contributed by atoms with E-state index >= 15 is 0 Å². The van der Waals surface area contributed by atoms with Gasteiger partial charge in [-0.05, 0) is 33.8 Å². The normalized spacial score (nSPS) is 16.9. The third-order valence-electron chi connectivity index (χ3n) is 7.31. The van der Waals surface area contributed by atoms with E-state index in [4.69, 9.17) is 16.6 Å². The number of aliphatic hydroxyl groups excluding tert-OH is 1. The standard InChI is InChI=1S/C33H39NO3S2Si/c1-33(2,3)40(29-18-9-5-10-19-29,30-20-11-6-12-21-30)37-22-14-13-17-28(35)24-31(36)34-27(25-39-32(34)38)23-26-15-7-4-8-16-26/h4-13,15-21,27-28,35H,14,22-25H2,1-3H3/b17-13+/t27-,28-/m1/s1. The first kappa shape index (κ1) is 30.4. The van der Waals surface area contributed by atoms with Crippen LogP contribution in [0.25, 0.3) is 0 Å².